The fraction of sp³-hybridized carbons (Fsp3) is 0.364. The van der Waals surface area contributed by atoms with Gasteiger partial charge in [-0.15, -0.1) is 4.91 Å². The van der Waals surface area contributed by atoms with Crippen molar-refractivity contribution in [1.29, 1.82) is 0 Å². The molecule has 0 heterocycles. The average Bonchev–Trinajstić information content (AvgIpc) is 2.35. The number of esters is 1. The molecule has 0 saturated carbocycles. The lowest BCUT2D eigenvalue weighted by molar-refractivity contribution is -0.386. The maximum Gasteiger partial charge on any atom is 0.303 e. The number of hydrogen-bond donors (Lipinski definition) is 0. The van der Waals surface area contributed by atoms with Gasteiger partial charge in [0.15, 0.2) is 5.69 Å². The topological polar surface area (TPSA) is 108 Å². The van der Waals surface area contributed by atoms with Crippen LogP contribution in [0.2, 0.25) is 0 Å². The van der Waals surface area contributed by atoms with Crippen LogP contribution in [0.25, 0.3) is 0 Å². The number of nitro groups is 1. The van der Waals surface area contributed by atoms with E-state index in [4.69, 9.17) is 9.47 Å². The molecule has 1 aromatic rings. The number of benzene rings is 1. The molecule has 8 heteroatoms. The summed E-state index contributed by atoms with van der Waals surface area (Å²) in [5.41, 5.74) is -0.415. The average molecular weight is 268 g/mol. The summed E-state index contributed by atoms with van der Waals surface area (Å²) in [6.45, 7) is 2.68. The van der Waals surface area contributed by atoms with Gasteiger partial charge in [-0.2, -0.15) is 0 Å². The molecule has 0 aromatic heterocycles. The van der Waals surface area contributed by atoms with Gasteiger partial charge in [0.2, 0.25) is 0 Å². The second-order valence-corrected chi connectivity index (χ2v) is 3.68. The van der Waals surface area contributed by atoms with E-state index >= 15 is 0 Å². The molecule has 0 bridgehead atoms. The highest BCUT2D eigenvalue weighted by molar-refractivity contribution is 5.67. The van der Waals surface area contributed by atoms with E-state index < -0.39 is 17.0 Å². The first-order valence-electron chi connectivity index (χ1n) is 5.27. The van der Waals surface area contributed by atoms with Crippen LogP contribution in [0.3, 0.4) is 0 Å². The number of carbonyl (C=O) groups is 1. The van der Waals surface area contributed by atoms with Crippen LogP contribution in [-0.2, 0) is 9.53 Å². The molecule has 8 nitrogen and oxygen atoms in total. The van der Waals surface area contributed by atoms with Gasteiger partial charge in [-0.25, -0.2) is 0 Å². The lowest BCUT2D eigenvalue weighted by Gasteiger charge is -2.14. The summed E-state index contributed by atoms with van der Waals surface area (Å²) >= 11 is 0. The maximum atomic E-state index is 11.0. The highest BCUT2D eigenvalue weighted by Crippen LogP contribution is 2.38. The summed E-state index contributed by atoms with van der Waals surface area (Å²) in [4.78, 5) is 31.8. The van der Waals surface area contributed by atoms with E-state index in [0.29, 0.717) is 0 Å². The minimum absolute atomic E-state index is 0.0783. The SMILES string of the molecule is COc1cc(C(C)OC(C)=O)c([N+](=O)[O-])cc1N=O. The molecule has 102 valence electrons. The van der Waals surface area contributed by atoms with Crippen molar-refractivity contribution in [3.63, 3.8) is 0 Å². The Bertz CT molecular complexity index is 528. The second kappa shape index (κ2) is 5.89. The zero-order valence-corrected chi connectivity index (χ0v) is 10.6. The van der Waals surface area contributed by atoms with Crippen LogP contribution in [0.4, 0.5) is 11.4 Å². The standard InChI is InChI=1S/C11H12N2O6/c1-6(19-7(2)14)8-4-11(18-3)9(12-15)5-10(8)13(16)17/h4-6H,1-3H3. The smallest absolute Gasteiger partial charge is 0.303 e. The van der Waals surface area contributed by atoms with Crippen LogP contribution in [-0.4, -0.2) is 18.0 Å². The molecule has 0 saturated heterocycles. The number of hydrogen-bond acceptors (Lipinski definition) is 7. The van der Waals surface area contributed by atoms with Crippen molar-refractivity contribution in [2.75, 3.05) is 7.11 Å². The highest BCUT2D eigenvalue weighted by Gasteiger charge is 2.24. The van der Waals surface area contributed by atoms with Gasteiger partial charge < -0.3 is 9.47 Å². The molecule has 0 aliphatic rings. The molecule has 0 aliphatic carbocycles. The second-order valence-electron chi connectivity index (χ2n) is 3.68. The molecule has 0 N–H and O–H groups in total. The highest BCUT2D eigenvalue weighted by atomic mass is 16.6. The Balaban J connectivity index is 3.38. The Kier molecular flexibility index (Phi) is 4.51. The van der Waals surface area contributed by atoms with Crippen LogP contribution < -0.4 is 4.74 Å². The quantitative estimate of drug-likeness (QED) is 0.351. The van der Waals surface area contributed by atoms with E-state index in [9.17, 15) is 19.8 Å². The van der Waals surface area contributed by atoms with E-state index in [1.54, 1.807) is 0 Å². The van der Waals surface area contributed by atoms with Crippen molar-refractivity contribution < 1.29 is 19.2 Å². The molecule has 0 radical (unpaired) electrons. The van der Waals surface area contributed by atoms with Gasteiger partial charge in [0.25, 0.3) is 5.69 Å². The first-order valence-corrected chi connectivity index (χ1v) is 5.27. The first kappa shape index (κ1) is 14.6. The Hall–Kier alpha value is -2.51. The van der Waals surface area contributed by atoms with E-state index in [-0.39, 0.29) is 22.7 Å². The number of ether oxygens (including phenoxy) is 2. The monoisotopic (exact) mass is 268 g/mol. The van der Waals surface area contributed by atoms with Crippen LogP contribution in [0.15, 0.2) is 17.3 Å². The fourth-order valence-electron chi connectivity index (χ4n) is 1.60. The van der Waals surface area contributed by atoms with Crippen LogP contribution in [0.5, 0.6) is 5.75 Å². The number of nitroso groups, excluding NO2 is 1. The van der Waals surface area contributed by atoms with Crippen LogP contribution in [0, 0.1) is 15.0 Å². The lowest BCUT2D eigenvalue weighted by atomic mass is 10.1. The van der Waals surface area contributed by atoms with Gasteiger partial charge >= 0.3 is 5.97 Å². The lowest BCUT2D eigenvalue weighted by Crippen LogP contribution is -2.07. The largest absolute Gasteiger partial charge is 0.494 e. The van der Waals surface area contributed by atoms with E-state index in [1.807, 2.05) is 0 Å². The molecule has 0 fully saturated rings. The van der Waals surface area contributed by atoms with Gasteiger partial charge in [-0.05, 0) is 18.2 Å². The van der Waals surface area contributed by atoms with Crippen LogP contribution >= 0.6 is 0 Å². The van der Waals surface area contributed by atoms with Gasteiger partial charge in [0.05, 0.1) is 17.6 Å². The summed E-state index contributed by atoms with van der Waals surface area (Å²) in [6, 6.07) is 2.25. The molecule has 0 aliphatic heterocycles. The molecule has 0 amide bonds. The Morgan fingerprint density at radius 3 is 2.53 bits per heavy atom. The van der Waals surface area contributed by atoms with Crippen molar-refractivity contribution in [3.05, 3.63) is 32.7 Å². The molecular weight excluding hydrogens is 256 g/mol. The molecule has 1 unspecified atom stereocenters. The van der Waals surface area contributed by atoms with Crippen molar-refractivity contribution >= 4 is 17.3 Å². The van der Waals surface area contributed by atoms with Crippen molar-refractivity contribution in [1.82, 2.24) is 0 Å². The van der Waals surface area contributed by atoms with Crippen molar-refractivity contribution in [2.24, 2.45) is 5.18 Å². The van der Waals surface area contributed by atoms with Gasteiger partial charge in [0.1, 0.15) is 11.9 Å². The summed E-state index contributed by atoms with van der Waals surface area (Å²) < 4.78 is 9.80. The number of nitrogens with zero attached hydrogens (tertiary/aromatic N) is 2. The van der Waals surface area contributed by atoms with Gasteiger partial charge in [0, 0.05) is 13.0 Å². The van der Waals surface area contributed by atoms with E-state index in [2.05, 4.69) is 5.18 Å². The first-order chi connectivity index (χ1) is 8.90. The summed E-state index contributed by atoms with van der Waals surface area (Å²) in [5, 5.41) is 13.6. The van der Waals surface area contributed by atoms with Crippen molar-refractivity contribution in [3.8, 4) is 5.75 Å². The van der Waals surface area contributed by atoms with E-state index in [0.717, 1.165) is 6.07 Å². The Morgan fingerprint density at radius 1 is 1.47 bits per heavy atom. The third kappa shape index (κ3) is 3.24. The predicted octanol–water partition coefficient (Wildman–Crippen LogP) is 2.63. The summed E-state index contributed by atoms with van der Waals surface area (Å²) in [7, 11) is 1.30. The zero-order chi connectivity index (χ0) is 14.6. The number of methoxy groups -OCH3 is 1. The van der Waals surface area contributed by atoms with Crippen molar-refractivity contribution in [2.45, 2.75) is 20.0 Å². The normalized spacial score (nSPS) is 11.5. The third-order valence-electron chi connectivity index (χ3n) is 2.40. The minimum Gasteiger partial charge on any atom is -0.494 e. The van der Waals surface area contributed by atoms with Gasteiger partial charge in [-0.1, -0.05) is 0 Å². The molecule has 19 heavy (non-hydrogen) atoms. The molecule has 1 aromatic carbocycles. The minimum atomic E-state index is -0.840. The molecule has 0 spiro atoms. The Morgan fingerprint density at radius 2 is 2.11 bits per heavy atom. The molecular formula is C11H12N2O6. The third-order valence-corrected chi connectivity index (χ3v) is 2.40. The Labute approximate surface area is 108 Å². The maximum absolute atomic E-state index is 11.0. The van der Waals surface area contributed by atoms with Gasteiger partial charge in [-0.3, -0.25) is 14.9 Å². The van der Waals surface area contributed by atoms with Crippen LogP contribution in [0.1, 0.15) is 25.5 Å². The molecule has 1 atom stereocenters. The number of nitro benzene ring substituents is 1. The predicted molar refractivity (Wildman–Crippen MR) is 65.3 cm³/mol. The zero-order valence-electron chi connectivity index (χ0n) is 10.6. The molecule has 1 rings (SSSR count). The summed E-state index contributed by atoms with van der Waals surface area (Å²) in [6.07, 6.45) is -0.840. The number of carbonyl (C=O) groups excluding carboxylic acids is 1. The summed E-state index contributed by atoms with van der Waals surface area (Å²) in [5.74, 6) is -0.493. The fourth-order valence-corrected chi connectivity index (χ4v) is 1.60. The number of rotatable bonds is 5. The van der Waals surface area contributed by atoms with E-state index in [1.165, 1.54) is 27.0 Å².